The van der Waals surface area contributed by atoms with Crippen molar-refractivity contribution >= 4 is 5.95 Å². The van der Waals surface area contributed by atoms with Gasteiger partial charge in [0.25, 0.3) is 0 Å². The van der Waals surface area contributed by atoms with Gasteiger partial charge < -0.3 is 9.88 Å². The van der Waals surface area contributed by atoms with Crippen LogP contribution in [-0.4, -0.2) is 25.4 Å². The fourth-order valence-electron chi connectivity index (χ4n) is 2.21. The largest absolute Gasteiger partial charge is 0.351 e. The van der Waals surface area contributed by atoms with Crippen molar-refractivity contribution in [2.24, 2.45) is 0 Å². The Morgan fingerprint density at radius 2 is 2.33 bits per heavy atom. The molecule has 1 unspecified atom stereocenters. The number of aryl methyl sites for hydroxylation is 1. The van der Waals surface area contributed by atoms with Crippen molar-refractivity contribution in [2.75, 3.05) is 5.32 Å². The second kappa shape index (κ2) is 4.48. The van der Waals surface area contributed by atoms with Crippen molar-refractivity contribution < 1.29 is 0 Å². The van der Waals surface area contributed by atoms with Crippen LogP contribution in [0.1, 0.15) is 31.5 Å². The number of anilines is 1. The van der Waals surface area contributed by atoms with Crippen molar-refractivity contribution in [3.63, 3.8) is 0 Å². The van der Waals surface area contributed by atoms with E-state index in [0.29, 0.717) is 12.1 Å². The molecule has 0 aliphatic heterocycles. The maximum Gasteiger partial charge on any atom is 0.203 e. The molecule has 1 aliphatic carbocycles. The van der Waals surface area contributed by atoms with Crippen LogP contribution in [0.25, 0.3) is 0 Å². The predicted octanol–water partition coefficient (Wildman–Crippen LogP) is 2.22. The molecule has 2 aromatic rings. The standard InChI is InChI=1S/C13H19N5/c1-10(8-17-7-3-6-14-17)15-13-16-11(2)9-18(13)12-4-5-12/h3,6-7,9-10,12H,4-5,8H2,1-2H3,(H,15,16). The van der Waals surface area contributed by atoms with E-state index in [4.69, 9.17) is 0 Å². The van der Waals surface area contributed by atoms with Crippen LogP contribution in [0, 0.1) is 6.92 Å². The lowest BCUT2D eigenvalue weighted by atomic mass is 10.3. The number of rotatable bonds is 5. The van der Waals surface area contributed by atoms with Gasteiger partial charge in [0.2, 0.25) is 5.95 Å². The molecule has 0 amide bonds. The van der Waals surface area contributed by atoms with Crippen LogP contribution in [0.5, 0.6) is 0 Å². The summed E-state index contributed by atoms with van der Waals surface area (Å²) in [5, 5.41) is 7.70. The highest BCUT2D eigenvalue weighted by Gasteiger charge is 2.26. The summed E-state index contributed by atoms with van der Waals surface area (Å²) in [5.74, 6) is 0.995. The van der Waals surface area contributed by atoms with E-state index < -0.39 is 0 Å². The summed E-state index contributed by atoms with van der Waals surface area (Å²) < 4.78 is 4.21. The first-order valence-corrected chi connectivity index (χ1v) is 6.52. The lowest BCUT2D eigenvalue weighted by molar-refractivity contribution is 0.554. The van der Waals surface area contributed by atoms with Gasteiger partial charge in [0.05, 0.1) is 12.2 Å². The van der Waals surface area contributed by atoms with Gasteiger partial charge in [-0.1, -0.05) is 0 Å². The molecule has 0 bridgehead atoms. The average molecular weight is 245 g/mol. The zero-order valence-electron chi connectivity index (χ0n) is 10.9. The van der Waals surface area contributed by atoms with E-state index in [-0.39, 0.29) is 0 Å². The van der Waals surface area contributed by atoms with Gasteiger partial charge in [0.15, 0.2) is 0 Å². The van der Waals surface area contributed by atoms with Crippen LogP contribution in [0.2, 0.25) is 0 Å². The van der Waals surface area contributed by atoms with Gasteiger partial charge in [-0.2, -0.15) is 5.10 Å². The molecule has 3 rings (SSSR count). The van der Waals surface area contributed by atoms with E-state index in [1.165, 1.54) is 12.8 Å². The van der Waals surface area contributed by atoms with E-state index in [0.717, 1.165) is 18.2 Å². The highest BCUT2D eigenvalue weighted by atomic mass is 15.3. The molecule has 96 valence electrons. The normalized spacial score (nSPS) is 16.8. The zero-order chi connectivity index (χ0) is 12.5. The monoisotopic (exact) mass is 245 g/mol. The molecule has 5 nitrogen and oxygen atoms in total. The molecule has 0 aromatic carbocycles. The first-order valence-electron chi connectivity index (χ1n) is 6.52. The van der Waals surface area contributed by atoms with Gasteiger partial charge >= 0.3 is 0 Å². The van der Waals surface area contributed by atoms with E-state index in [9.17, 15) is 0 Å². The van der Waals surface area contributed by atoms with Crippen LogP contribution >= 0.6 is 0 Å². The van der Waals surface area contributed by atoms with Gasteiger partial charge in [-0.15, -0.1) is 0 Å². The van der Waals surface area contributed by atoms with Crippen LogP contribution in [-0.2, 0) is 6.54 Å². The average Bonchev–Trinajstić information content (AvgIpc) is 2.92. The van der Waals surface area contributed by atoms with Crippen molar-refractivity contribution in [1.29, 1.82) is 0 Å². The lowest BCUT2D eigenvalue weighted by Gasteiger charge is -2.15. The number of imidazole rings is 1. The molecule has 2 aromatic heterocycles. The van der Waals surface area contributed by atoms with Crippen molar-refractivity contribution in [3.8, 4) is 0 Å². The van der Waals surface area contributed by atoms with Gasteiger partial charge in [0, 0.05) is 30.7 Å². The third-order valence-electron chi connectivity index (χ3n) is 3.19. The molecular formula is C13H19N5. The van der Waals surface area contributed by atoms with E-state index in [1.54, 1.807) is 0 Å². The van der Waals surface area contributed by atoms with E-state index in [1.807, 2.05) is 30.1 Å². The third-order valence-corrected chi connectivity index (χ3v) is 3.19. The molecule has 1 N–H and O–H groups in total. The maximum atomic E-state index is 4.56. The Bertz CT molecular complexity index is 509. The molecule has 1 saturated carbocycles. The molecule has 0 saturated heterocycles. The summed E-state index contributed by atoms with van der Waals surface area (Å²) >= 11 is 0. The van der Waals surface area contributed by atoms with Crippen LogP contribution in [0.4, 0.5) is 5.95 Å². The summed E-state index contributed by atoms with van der Waals surface area (Å²) in [6, 6.07) is 2.91. The van der Waals surface area contributed by atoms with E-state index >= 15 is 0 Å². The smallest absolute Gasteiger partial charge is 0.203 e. The number of hydrogen-bond acceptors (Lipinski definition) is 3. The molecular weight excluding hydrogens is 226 g/mol. The summed E-state index contributed by atoms with van der Waals surface area (Å²) in [7, 11) is 0. The first-order chi connectivity index (χ1) is 8.72. The Labute approximate surface area is 107 Å². The molecule has 1 fully saturated rings. The predicted molar refractivity (Wildman–Crippen MR) is 70.5 cm³/mol. The van der Waals surface area contributed by atoms with Crippen LogP contribution in [0.15, 0.2) is 24.7 Å². The van der Waals surface area contributed by atoms with Gasteiger partial charge in [-0.05, 0) is 32.8 Å². The fraction of sp³-hybridized carbons (Fsp3) is 0.538. The topological polar surface area (TPSA) is 47.7 Å². The van der Waals surface area contributed by atoms with Crippen molar-refractivity contribution in [2.45, 2.75) is 45.3 Å². The first kappa shape index (κ1) is 11.3. The second-order valence-corrected chi connectivity index (χ2v) is 5.12. The summed E-state index contributed by atoms with van der Waals surface area (Å²) in [6.07, 6.45) is 8.48. The Morgan fingerprint density at radius 1 is 1.50 bits per heavy atom. The Morgan fingerprint density at radius 3 is 3.00 bits per heavy atom. The Balaban J connectivity index is 1.68. The molecule has 2 heterocycles. The minimum atomic E-state index is 0.309. The highest BCUT2D eigenvalue weighted by molar-refractivity contribution is 5.31. The summed E-state index contributed by atoms with van der Waals surface area (Å²) in [6.45, 7) is 5.05. The quantitative estimate of drug-likeness (QED) is 0.878. The van der Waals surface area contributed by atoms with Crippen molar-refractivity contribution in [3.05, 3.63) is 30.4 Å². The number of nitrogens with one attached hydrogen (secondary N) is 1. The highest BCUT2D eigenvalue weighted by Crippen LogP contribution is 2.37. The SMILES string of the molecule is Cc1cn(C2CC2)c(NC(C)Cn2cccn2)n1. The second-order valence-electron chi connectivity index (χ2n) is 5.12. The van der Waals surface area contributed by atoms with Crippen LogP contribution < -0.4 is 5.32 Å². The van der Waals surface area contributed by atoms with Gasteiger partial charge in [-0.3, -0.25) is 4.68 Å². The minimum absolute atomic E-state index is 0.309. The molecule has 18 heavy (non-hydrogen) atoms. The fourth-order valence-corrected chi connectivity index (χ4v) is 2.21. The van der Waals surface area contributed by atoms with Crippen LogP contribution in [0.3, 0.4) is 0 Å². The Hall–Kier alpha value is -1.78. The minimum Gasteiger partial charge on any atom is -0.351 e. The summed E-state index contributed by atoms with van der Waals surface area (Å²) in [5.41, 5.74) is 1.08. The Kier molecular flexibility index (Phi) is 2.81. The number of aromatic nitrogens is 4. The molecule has 1 atom stereocenters. The van der Waals surface area contributed by atoms with Gasteiger partial charge in [0.1, 0.15) is 0 Å². The number of nitrogens with zero attached hydrogens (tertiary/aromatic N) is 4. The lowest BCUT2D eigenvalue weighted by Crippen LogP contribution is -2.24. The summed E-state index contributed by atoms with van der Waals surface area (Å²) in [4.78, 5) is 4.56. The molecule has 5 heteroatoms. The molecule has 1 aliphatic rings. The third kappa shape index (κ3) is 2.39. The van der Waals surface area contributed by atoms with Gasteiger partial charge in [-0.25, -0.2) is 4.98 Å². The maximum absolute atomic E-state index is 4.56. The van der Waals surface area contributed by atoms with Crippen molar-refractivity contribution in [1.82, 2.24) is 19.3 Å². The molecule has 0 spiro atoms. The molecule has 0 radical (unpaired) electrons. The zero-order valence-corrected chi connectivity index (χ0v) is 10.9. The number of hydrogen-bond donors (Lipinski definition) is 1. The van der Waals surface area contributed by atoms with E-state index in [2.05, 4.69) is 33.1 Å².